The number of pyridine rings is 1. The van der Waals surface area contributed by atoms with Crippen LogP contribution >= 0.6 is 0 Å². The van der Waals surface area contributed by atoms with Gasteiger partial charge in [0.1, 0.15) is 0 Å². The first-order valence-corrected chi connectivity index (χ1v) is 6.71. The predicted molar refractivity (Wildman–Crippen MR) is 72.3 cm³/mol. The third-order valence-corrected chi connectivity index (χ3v) is 3.64. The molecule has 0 bridgehead atoms. The quantitative estimate of drug-likeness (QED) is 0.880. The van der Waals surface area contributed by atoms with Crippen LogP contribution in [0, 0.1) is 0 Å². The Kier molecular flexibility index (Phi) is 5.11. The number of methoxy groups -OCH3 is 1. The van der Waals surface area contributed by atoms with Crippen molar-refractivity contribution in [1.29, 1.82) is 0 Å². The Labute approximate surface area is 109 Å². The van der Waals surface area contributed by atoms with Gasteiger partial charge in [0.2, 0.25) is 0 Å². The highest BCUT2D eigenvalue weighted by atomic mass is 16.5. The fourth-order valence-electron chi connectivity index (χ4n) is 2.73. The molecule has 100 valence electrons. The van der Waals surface area contributed by atoms with E-state index >= 15 is 0 Å². The number of hydrogen-bond donors (Lipinski definition) is 1. The summed E-state index contributed by atoms with van der Waals surface area (Å²) in [4.78, 5) is 6.67. The molecule has 4 heteroatoms. The minimum atomic E-state index is 0.188. The Morgan fingerprint density at radius 1 is 1.50 bits per heavy atom. The third kappa shape index (κ3) is 3.28. The normalized spacial score (nSPS) is 25.9. The van der Waals surface area contributed by atoms with Gasteiger partial charge in [-0.25, -0.2) is 0 Å². The summed E-state index contributed by atoms with van der Waals surface area (Å²) in [5.74, 6) is 0. The number of hydrogen-bond acceptors (Lipinski definition) is 4. The van der Waals surface area contributed by atoms with Crippen LogP contribution in [0.5, 0.6) is 0 Å². The molecule has 1 fully saturated rings. The Bertz CT molecular complexity index is 344. The summed E-state index contributed by atoms with van der Waals surface area (Å²) in [5.41, 5.74) is 7.59. The van der Waals surface area contributed by atoms with Crippen molar-refractivity contribution < 1.29 is 4.74 Å². The fraction of sp³-hybridized carbons (Fsp3) is 0.643. The van der Waals surface area contributed by atoms with E-state index in [4.69, 9.17) is 10.5 Å². The van der Waals surface area contributed by atoms with Crippen molar-refractivity contribution >= 4 is 0 Å². The summed E-state index contributed by atoms with van der Waals surface area (Å²) in [6.45, 7) is 2.78. The van der Waals surface area contributed by atoms with Crippen LogP contribution in [0.2, 0.25) is 0 Å². The largest absolute Gasteiger partial charge is 0.383 e. The van der Waals surface area contributed by atoms with E-state index < -0.39 is 0 Å². The molecule has 0 aliphatic carbocycles. The highest BCUT2D eigenvalue weighted by Crippen LogP contribution is 2.28. The second-order valence-corrected chi connectivity index (χ2v) is 4.92. The predicted octanol–water partition coefficient (Wildman–Crippen LogP) is 1.58. The number of ether oxygens (including phenoxy) is 1. The van der Waals surface area contributed by atoms with E-state index in [0.29, 0.717) is 0 Å². The summed E-state index contributed by atoms with van der Waals surface area (Å²) in [6.07, 6.45) is 7.26. The van der Waals surface area contributed by atoms with E-state index in [0.717, 1.165) is 26.1 Å². The van der Waals surface area contributed by atoms with Gasteiger partial charge in [0, 0.05) is 32.1 Å². The van der Waals surface area contributed by atoms with Gasteiger partial charge < -0.3 is 10.5 Å². The van der Waals surface area contributed by atoms with E-state index in [1.165, 1.54) is 18.4 Å². The lowest BCUT2D eigenvalue weighted by atomic mass is 9.98. The molecular weight excluding hydrogens is 226 g/mol. The molecule has 1 aliphatic heterocycles. The first kappa shape index (κ1) is 13.5. The van der Waals surface area contributed by atoms with Gasteiger partial charge in [-0.05, 0) is 31.0 Å². The van der Waals surface area contributed by atoms with Gasteiger partial charge in [-0.3, -0.25) is 9.88 Å². The molecule has 2 rings (SSSR count). The van der Waals surface area contributed by atoms with E-state index in [-0.39, 0.29) is 12.1 Å². The minimum Gasteiger partial charge on any atom is -0.383 e. The summed E-state index contributed by atoms with van der Waals surface area (Å²) < 4.78 is 5.21. The fourth-order valence-corrected chi connectivity index (χ4v) is 2.73. The molecular formula is C14H23N3O. The van der Waals surface area contributed by atoms with Crippen LogP contribution in [0.25, 0.3) is 0 Å². The number of likely N-dealkylation sites (tertiary alicyclic amines) is 1. The molecule has 2 heterocycles. The van der Waals surface area contributed by atoms with Crippen molar-refractivity contribution in [2.45, 2.75) is 31.3 Å². The second-order valence-electron chi connectivity index (χ2n) is 4.92. The van der Waals surface area contributed by atoms with Gasteiger partial charge in [-0.15, -0.1) is 0 Å². The molecule has 2 atom stereocenters. The van der Waals surface area contributed by atoms with E-state index in [9.17, 15) is 0 Å². The molecule has 0 spiro atoms. The number of nitrogens with two attached hydrogens (primary N) is 1. The summed E-state index contributed by atoms with van der Waals surface area (Å²) in [7, 11) is 1.75. The maximum Gasteiger partial charge on any atom is 0.0589 e. The first-order valence-electron chi connectivity index (χ1n) is 6.71. The Morgan fingerprint density at radius 2 is 2.39 bits per heavy atom. The smallest absolute Gasteiger partial charge is 0.0589 e. The Morgan fingerprint density at radius 3 is 3.11 bits per heavy atom. The number of aromatic nitrogens is 1. The number of nitrogens with zero attached hydrogens (tertiary/aromatic N) is 2. The lowest BCUT2D eigenvalue weighted by molar-refractivity contribution is 0.115. The molecule has 1 aliphatic rings. The van der Waals surface area contributed by atoms with Crippen LogP contribution in [-0.2, 0) is 4.74 Å². The van der Waals surface area contributed by atoms with Gasteiger partial charge in [0.25, 0.3) is 0 Å². The zero-order chi connectivity index (χ0) is 12.8. The Balaban J connectivity index is 2.18. The third-order valence-electron chi connectivity index (χ3n) is 3.64. The minimum absolute atomic E-state index is 0.188. The second kappa shape index (κ2) is 6.83. The molecule has 4 nitrogen and oxygen atoms in total. The van der Waals surface area contributed by atoms with Gasteiger partial charge >= 0.3 is 0 Å². The van der Waals surface area contributed by atoms with Crippen molar-refractivity contribution in [2.24, 2.45) is 5.73 Å². The van der Waals surface area contributed by atoms with Crippen LogP contribution in [0.15, 0.2) is 24.5 Å². The first-order chi connectivity index (χ1) is 8.83. The Hall–Kier alpha value is -0.970. The highest BCUT2D eigenvalue weighted by Gasteiger charge is 2.28. The molecule has 0 aromatic carbocycles. The van der Waals surface area contributed by atoms with Crippen molar-refractivity contribution in [3.8, 4) is 0 Å². The van der Waals surface area contributed by atoms with Crippen molar-refractivity contribution in [3.63, 3.8) is 0 Å². The van der Waals surface area contributed by atoms with Crippen LogP contribution < -0.4 is 5.73 Å². The zero-order valence-electron chi connectivity index (χ0n) is 11.1. The lowest BCUT2D eigenvalue weighted by Gasteiger charge is -2.33. The van der Waals surface area contributed by atoms with Crippen molar-refractivity contribution in [3.05, 3.63) is 30.1 Å². The van der Waals surface area contributed by atoms with Crippen LogP contribution in [0.3, 0.4) is 0 Å². The van der Waals surface area contributed by atoms with E-state index in [2.05, 4.69) is 16.0 Å². The zero-order valence-corrected chi connectivity index (χ0v) is 11.1. The maximum atomic E-state index is 6.36. The van der Waals surface area contributed by atoms with Gasteiger partial charge in [-0.1, -0.05) is 12.5 Å². The molecule has 2 N–H and O–H groups in total. The summed E-state index contributed by atoms with van der Waals surface area (Å²) >= 11 is 0. The van der Waals surface area contributed by atoms with E-state index in [1.807, 2.05) is 18.5 Å². The average Bonchev–Trinajstić information content (AvgIpc) is 2.59. The van der Waals surface area contributed by atoms with Crippen LogP contribution in [0.1, 0.15) is 30.9 Å². The number of rotatable bonds is 4. The molecule has 2 unspecified atom stereocenters. The SMILES string of the molecule is COCCN1CCCCC(N)C1c1cccnc1. The monoisotopic (exact) mass is 249 g/mol. The molecule has 0 radical (unpaired) electrons. The van der Waals surface area contributed by atoms with Gasteiger partial charge in [0.15, 0.2) is 0 Å². The van der Waals surface area contributed by atoms with Crippen molar-refractivity contribution in [1.82, 2.24) is 9.88 Å². The van der Waals surface area contributed by atoms with Crippen LogP contribution in [0.4, 0.5) is 0 Å². The van der Waals surface area contributed by atoms with E-state index in [1.54, 1.807) is 7.11 Å². The topological polar surface area (TPSA) is 51.4 Å². The maximum absolute atomic E-state index is 6.36. The van der Waals surface area contributed by atoms with Crippen LogP contribution in [-0.4, -0.2) is 42.7 Å². The highest BCUT2D eigenvalue weighted by molar-refractivity contribution is 5.16. The standard InChI is InChI=1S/C14H23N3O/c1-18-10-9-17-8-3-2-6-13(15)14(17)12-5-4-7-16-11-12/h4-5,7,11,13-14H,2-3,6,8-10,15H2,1H3. The molecule has 0 saturated carbocycles. The average molecular weight is 249 g/mol. The molecule has 1 aromatic heterocycles. The summed E-state index contributed by atoms with van der Waals surface area (Å²) in [5, 5.41) is 0. The molecule has 18 heavy (non-hydrogen) atoms. The molecule has 1 aromatic rings. The molecule has 0 amide bonds. The summed E-state index contributed by atoms with van der Waals surface area (Å²) in [6, 6.07) is 4.58. The van der Waals surface area contributed by atoms with Crippen molar-refractivity contribution in [2.75, 3.05) is 26.8 Å². The van der Waals surface area contributed by atoms with Gasteiger partial charge in [-0.2, -0.15) is 0 Å². The lowest BCUT2D eigenvalue weighted by Crippen LogP contribution is -2.41. The molecule has 1 saturated heterocycles. The van der Waals surface area contributed by atoms with Gasteiger partial charge in [0.05, 0.1) is 12.6 Å².